The molecule has 0 radical (unpaired) electrons. The van der Waals surface area contributed by atoms with Gasteiger partial charge in [0.15, 0.2) is 11.5 Å². The van der Waals surface area contributed by atoms with Crippen molar-refractivity contribution in [2.75, 3.05) is 18.1 Å². The molecule has 102 valence electrons. The molecule has 9 heteroatoms. The first kappa shape index (κ1) is 12.1. The zero-order chi connectivity index (χ0) is 13.6. The van der Waals surface area contributed by atoms with Crippen LogP contribution in [0.4, 0.5) is 11.8 Å². The number of nitrogens with two attached hydrogens (primary N) is 2. The van der Waals surface area contributed by atoms with E-state index in [4.69, 9.17) is 21.3 Å². The van der Waals surface area contributed by atoms with Crippen LogP contribution in [-0.4, -0.2) is 48.5 Å². The van der Waals surface area contributed by atoms with Gasteiger partial charge in [-0.3, -0.25) is 4.57 Å². The minimum atomic E-state index is -0.732. The number of anilines is 2. The first-order valence-corrected chi connectivity index (χ1v) is 5.80. The number of aromatic nitrogens is 4. The highest BCUT2D eigenvalue weighted by Crippen LogP contribution is 2.31. The van der Waals surface area contributed by atoms with E-state index in [0.717, 1.165) is 0 Å². The van der Waals surface area contributed by atoms with Gasteiger partial charge in [-0.05, 0) is 0 Å². The van der Waals surface area contributed by atoms with Crippen molar-refractivity contribution in [3.63, 3.8) is 0 Å². The Bertz CT molecular complexity index is 615. The van der Waals surface area contributed by atoms with Gasteiger partial charge in [0.05, 0.1) is 19.0 Å². The van der Waals surface area contributed by atoms with Gasteiger partial charge in [-0.1, -0.05) is 0 Å². The summed E-state index contributed by atoms with van der Waals surface area (Å²) >= 11 is 0. The number of fused-ring (bicyclic) bond motifs is 1. The zero-order valence-electron chi connectivity index (χ0n) is 9.97. The minimum absolute atomic E-state index is 0.0454. The Balaban J connectivity index is 2.02. The van der Waals surface area contributed by atoms with Gasteiger partial charge < -0.3 is 26.4 Å². The molecule has 1 aliphatic heterocycles. The minimum Gasteiger partial charge on any atom is -0.394 e. The molecule has 0 aliphatic carbocycles. The highest BCUT2D eigenvalue weighted by atomic mass is 16.5. The lowest BCUT2D eigenvalue weighted by atomic mass is 10.2. The van der Waals surface area contributed by atoms with E-state index in [-0.39, 0.29) is 18.4 Å². The zero-order valence-corrected chi connectivity index (χ0v) is 9.97. The van der Waals surface area contributed by atoms with Crippen LogP contribution in [-0.2, 0) is 4.74 Å². The van der Waals surface area contributed by atoms with Crippen LogP contribution in [0.1, 0.15) is 12.6 Å². The van der Waals surface area contributed by atoms with Crippen LogP contribution in [0.2, 0.25) is 0 Å². The third kappa shape index (κ3) is 1.87. The monoisotopic (exact) mass is 266 g/mol. The van der Waals surface area contributed by atoms with E-state index < -0.39 is 18.4 Å². The van der Waals surface area contributed by atoms with Gasteiger partial charge in [0.25, 0.3) is 0 Å². The van der Waals surface area contributed by atoms with Crippen molar-refractivity contribution in [1.29, 1.82) is 0 Å². The summed E-state index contributed by atoms with van der Waals surface area (Å²) in [5.74, 6) is 0.238. The largest absolute Gasteiger partial charge is 0.394 e. The van der Waals surface area contributed by atoms with Gasteiger partial charge >= 0.3 is 0 Å². The van der Waals surface area contributed by atoms with Crippen molar-refractivity contribution in [3.05, 3.63) is 6.33 Å². The number of nitrogen functional groups attached to an aromatic ring is 2. The maximum absolute atomic E-state index is 9.74. The second-order valence-electron chi connectivity index (χ2n) is 4.41. The molecule has 3 atom stereocenters. The fraction of sp³-hybridized carbons (Fsp3) is 0.500. The third-order valence-electron chi connectivity index (χ3n) is 3.16. The normalized spacial score (nSPS) is 27.2. The molecule has 0 unspecified atom stereocenters. The molecule has 3 heterocycles. The molecule has 9 nitrogen and oxygen atoms in total. The van der Waals surface area contributed by atoms with E-state index in [9.17, 15) is 5.11 Å². The standard InChI is InChI=1S/C10H14N6O3/c11-8-7-9(15-10(12)14-8)16(3-13-7)6-1-4(18)5(2-17)19-6/h3-6,17-18H,1-2H2,(H4,11,12,14,15)/t4-,5-,6-/m1/s1. The van der Waals surface area contributed by atoms with Gasteiger partial charge in [0.2, 0.25) is 5.95 Å². The van der Waals surface area contributed by atoms with Crippen LogP contribution >= 0.6 is 0 Å². The second kappa shape index (κ2) is 4.30. The number of nitrogens with zero attached hydrogens (tertiary/aromatic N) is 4. The molecule has 2 aromatic rings. The van der Waals surface area contributed by atoms with E-state index in [1.54, 1.807) is 4.57 Å². The quantitative estimate of drug-likeness (QED) is 0.521. The number of hydrogen-bond donors (Lipinski definition) is 4. The molecule has 6 N–H and O–H groups in total. The van der Waals surface area contributed by atoms with Crippen molar-refractivity contribution < 1.29 is 14.9 Å². The highest BCUT2D eigenvalue weighted by Gasteiger charge is 2.35. The molecule has 0 amide bonds. The fourth-order valence-electron chi connectivity index (χ4n) is 2.22. The Kier molecular flexibility index (Phi) is 2.73. The van der Waals surface area contributed by atoms with Crippen LogP contribution in [0.25, 0.3) is 11.2 Å². The van der Waals surface area contributed by atoms with E-state index >= 15 is 0 Å². The van der Waals surface area contributed by atoms with Crippen LogP contribution in [0.15, 0.2) is 6.33 Å². The van der Waals surface area contributed by atoms with E-state index in [0.29, 0.717) is 17.6 Å². The molecule has 2 aromatic heterocycles. The van der Waals surface area contributed by atoms with Crippen molar-refractivity contribution >= 4 is 22.9 Å². The Labute approximate surface area is 107 Å². The summed E-state index contributed by atoms with van der Waals surface area (Å²) in [6.45, 7) is -0.246. The molecule has 1 saturated heterocycles. The molecular weight excluding hydrogens is 252 g/mol. The maximum Gasteiger partial charge on any atom is 0.224 e. The average Bonchev–Trinajstić information content (AvgIpc) is 2.92. The summed E-state index contributed by atoms with van der Waals surface area (Å²) < 4.78 is 7.16. The topological polar surface area (TPSA) is 145 Å². The van der Waals surface area contributed by atoms with Crippen LogP contribution in [0, 0.1) is 0 Å². The number of imidazole rings is 1. The van der Waals surface area contributed by atoms with E-state index in [1.165, 1.54) is 6.33 Å². The summed E-state index contributed by atoms with van der Waals surface area (Å²) in [6, 6.07) is 0. The van der Waals surface area contributed by atoms with Crippen LogP contribution in [0.5, 0.6) is 0 Å². The number of aliphatic hydroxyl groups is 2. The average molecular weight is 266 g/mol. The molecule has 3 rings (SSSR count). The number of ether oxygens (including phenoxy) is 1. The lowest BCUT2D eigenvalue weighted by Crippen LogP contribution is -2.24. The number of hydrogen-bond acceptors (Lipinski definition) is 8. The Morgan fingerprint density at radius 2 is 2.21 bits per heavy atom. The lowest BCUT2D eigenvalue weighted by molar-refractivity contribution is -0.0432. The van der Waals surface area contributed by atoms with Gasteiger partial charge in [-0.2, -0.15) is 9.97 Å². The molecule has 1 fully saturated rings. The molecule has 19 heavy (non-hydrogen) atoms. The lowest BCUT2D eigenvalue weighted by Gasteiger charge is -2.13. The first-order valence-electron chi connectivity index (χ1n) is 5.80. The molecule has 0 bridgehead atoms. The SMILES string of the molecule is Nc1nc(N)c2ncn([C@H]3C[C@@H](O)[C@@H](CO)O3)c2n1. The van der Waals surface area contributed by atoms with Crippen molar-refractivity contribution in [2.24, 2.45) is 0 Å². The van der Waals surface area contributed by atoms with Crippen LogP contribution in [0.3, 0.4) is 0 Å². The fourth-order valence-corrected chi connectivity index (χ4v) is 2.22. The molecule has 0 saturated carbocycles. The summed E-state index contributed by atoms with van der Waals surface area (Å²) in [5.41, 5.74) is 12.1. The Morgan fingerprint density at radius 3 is 2.89 bits per heavy atom. The molecule has 0 spiro atoms. The summed E-state index contributed by atoms with van der Waals surface area (Å²) in [5, 5.41) is 18.8. The van der Waals surface area contributed by atoms with Crippen LogP contribution < -0.4 is 11.5 Å². The maximum atomic E-state index is 9.74. The predicted molar refractivity (Wildman–Crippen MR) is 65.8 cm³/mol. The summed E-state index contributed by atoms with van der Waals surface area (Å²) in [6.07, 6.45) is 0.0288. The Hall–Kier alpha value is -1.97. The Morgan fingerprint density at radius 1 is 1.42 bits per heavy atom. The number of aliphatic hydroxyl groups excluding tert-OH is 2. The van der Waals surface area contributed by atoms with Gasteiger partial charge in [-0.15, -0.1) is 0 Å². The highest BCUT2D eigenvalue weighted by molar-refractivity contribution is 5.82. The first-order chi connectivity index (χ1) is 9.10. The van der Waals surface area contributed by atoms with Crippen molar-refractivity contribution in [2.45, 2.75) is 24.9 Å². The molecular formula is C10H14N6O3. The van der Waals surface area contributed by atoms with Crippen molar-refractivity contribution in [1.82, 2.24) is 19.5 Å². The van der Waals surface area contributed by atoms with Gasteiger partial charge in [0.1, 0.15) is 17.8 Å². The van der Waals surface area contributed by atoms with E-state index in [1.807, 2.05) is 0 Å². The summed E-state index contributed by atoms with van der Waals surface area (Å²) in [4.78, 5) is 12.0. The predicted octanol–water partition coefficient (Wildman–Crippen LogP) is -1.37. The number of rotatable bonds is 2. The van der Waals surface area contributed by atoms with Gasteiger partial charge in [-0.25, -0.2) is 4.98 Å². The second-order valence-corrected chi connectivity index (χ2v) is 4.41. The van der Waals surface area contributed by atoms with Gasteiger partial charge in [0, 0.05) is 6.42 Å². The molecule has 1 aliphatic rings. The molecule has 0 aromatic carbocycles. The van der Waals surface area contributed by atoms with E-state index in [2.05, 4.69) is 15.0 Å². The smallest absolute Gasteiger partial charge is 0.224 e. The van der Waals surface area contributed by atoms with Crippen molar-refractivity contribution in [3.8, 4) is 0 Å². The third-order valence-corrected chi connectivity index (χ3v) is 3.16. The summed E-state index contributed by atoms with van der Waals surface area (Å²) in [7, 11) is 0.